The molecule has 0 aliphatic carbocycles. The molecule has 0 aliphatic rings. The molecule has 0 spiro atoms. The molecular weight excluding hydrogens is 132 g/mol. The standard InChI is InChI=1S/C11H22/c1-6-8-10(4)11(5)9(3)7-2/h7,10-11H,6,8H2,1-5H3. The smallest absolute Gasteiger partial charge is 0.0209 e. The van der Waals surface area contributed by atoms with Crippen LogP contribution < -0.4 is 0 Å². The molecule has 0 heteroatoms. The number of rotatable bonds is 4. The molecule has 2 unspecified atom stereocenters. The fourth-order valence-electron chi connectivity index (χ4n) is 1.42. The molecule has 0 fully saturated rings. The summed E-state index contributed by atoms with van der Waals surface area (Å²) in [5, 5.41) is 0. The molecule has 0 saturated carbocycles. The first-order valence-electron chi connectivity index (χ1n) is 4.76. The highest BCUT2D eigenvalue weighted by molar-refractivity contribution is 5.01. The maximum atomic E-state index is 2.35. The highest BCUT2D eigenvalue weighted by Gasteiger charge is 2.11. The van der Waals surface area contributed by atoms with Crippen molar-refractivity contribution in [3.05, 3.63) is 11.6 Å². The molecule has 0 amide bonds. The summed E-state index contributed by atoms with van der Waals surface area (Å²) >= 11 is 0. The molecule has 0 bridgehead atoms. The van der Waals surface area contributed by atoms with Crippen LogP contribution >= 0.6 is 0 Å². The third-order valence-corrected chi connectivity index (χ3v) is 2.77. The minimum Gasteiger partial charge on any atom is -0.0885 e. The van der Waals surface area contributed by atoms with E-state index >= 15 is 0 Å². The Morgan fingerprint density at radius 1 is 1.36 bits per heavy atom. The van der Waals surface area contributed by atoms with Crippen molar-refractivity contribution in [3.8, 4) is 0 Å². The average Bonchev–Trinajstić information content (AvgIpc) is 2.02. The van der Waals surface area contributed by atoms with Crippen molar-refractivity contribution in [2.75, 3.05) is 0 Å². The first-order chi connectivity index (χ1) is 5.13. The zero-order valence-corrected chi connectivity index (χ0v) is 8.65. The Balaban J connectivity index is 3.91. The third kappa shape index (κ3) is 3.60. The Morgan fingerprint density at radius 2 is 1.91 bits per heavy atom. The number of hydrogen-bond donors (Lipinski definition) is 0. The van der Waals surface area contributed by atoms with Crippen molar-refractivity contribution in [2.24, 2.45) is 11.8 Å². The molecule has 0 aromatic rings. The van der Waals surface area contributed by atoms with Crippen LogP contribution in [0.5, 0.6) is 0 Å². The van der Waals surface area contributed by atoms with Gasteiger partial charge in [0.05, 0.1) is 0 Å². The normalized spacial score (nSPS) is 18.1. The Labute approximate surface area is 71.7 Å². The van der Waals surface area contributed by atoms with E-state index in [9.17, 15) is 0 Å². The molecule has 0 N–H and O–H groups in total. The van der Waals surface area contributed by atoms with Gasteiger partial charge in [0.15, 0.2) is 0 Å². The molecule has 0 aromatic carbocycles. The van der Waals surface area contributed by atoms with E-state index in [1.807, 2.05) is 0 Å². The van der Waals surface area contributed by atoms with E-state index in [4.69, 9.17) is 0 Å². The fourth-order valence-corrected chi connectivity index (χ4v) is 1.42. The van der Waals surface area contributed by atoms with Crippen LogP contribution in [0.25, 0.3) is 0 Å². The quantitative estimate of drug-likeness (QED) is 0.536. The summed E-state index contributed by atoms with van der Waals surface area (Å²) in [4.78, 5) is 0. The van der Waals surface area contributed by atoms with Gasteiger partial charge in [0.1, 0.15) is 0 Å². The Bertz CT molecular complexity index is 122. The molecule has 0 aromatic heterocycles. The SMILES string of the molecule is CC=C(C)C(C)C(C)CCC. The summed E-state index contributed by atoms with van der Waals surface area (Å²) in [5.74, 6) is 1.61. The monoisotopic (exact) mass is 154 g/mol. The van der Waals surface area contributed by atoms with Crippen LogP contribution in [0.3, 0.4) is 0 Å². The highest BCUT2D eigenvalue weighted by Crippen LogP contribution is 2.23. The second-order valence-electron chi connectivity index (χ2n) is 3.59. The lowest BCUT2D eigenvalue weighted by atomic mass is 9.86. The van der Waals surface area contributed by atoms with Gasteiger partial charge in [-0.2, -0.15) is 0 Å². The van der Waals surface area contributed by atoms with Crippen molar-refractivity contribution in [2.45, 2.75) is 47.5 Å². The predicted octanol–water partition coefficient (Wildman–Crippen LogP) is 4.02. The van der Waals surface area contributed by atoms with Gasteiger partial charge in [-0.1, -0.05) is 45.3 Å². The van der Waals surface area contributed by atoms with E-state index in [1.165, 1.54) is 18.4 Å². The Hall–Kier alpha value is -0.260. The minimum absolute atomic E-state index is 0.764. The maximum Gasteiger partial charge on any atom is -0.0209 e. The van der Waals surface area contributed by atoms with E-state index in [2.05, 4.69) is 40.7 Å². The second kappa shape index (κ2) is 5.40. The first-order valence-corrected chi connectivity index (χ1v) is 4.76. The predicted molar refractivity (Wildman–Crippen MR) is 52.7 cm³/mol. The topological polar surface area (TPSA) is 0 Å². The van der Waals surface area contributed by atoms with Crippen LogP contribution in [-0.4, -0.2) is 0 Å². The lowest BCUT2D eigenvalue weighted by Gasteiger charge is -2.19. The van der Waals surface area contributed by atoms with Gasteiger partial charge in [-0.05, 0) is 25.7 Å². The van der Waals surface area contributed by atoms with Crippen LogP contribution in [0.2, 0.25) is 0 Å². The van der Waals surface area contributed by atoms with E-state index in [-0.39, 0.29) is 0 Å². The van der Waals surface area contributed by atoms with Gasteiger partial charge in [0, 0.05) is 0 Å². The highest BCUT2D eigenvalue weighted by atomic mass is 14.2. The summed E-state index contributed by atoms with van der Waals surface area (Å²) in [6, 6.07) is 0. The molecule has 0 aliphatic heterocycles. The van der Waals surface area contributed by atoms with Crippen LogP contribution in [-0.2, 0) is 0 Å². The molecule has 0 heterocycles. The molecule has 0 radical (unpaired) electrons. The average molecular weight is 154 g/mol. The van der Waals surface area contributed by atoms with Gasteiger partial charge >= 0.3 is 0 Å². The van der Waals surface area contributed by atoms with Gasteiger partial charge in [-0.25, -0.2) is 0 Å². The fraction of sp³-hybridized carbons (Fsp3) is 0.818. The van der Waals surface area contributed by atoms with Gasteiger partial charge in [-0.3, -0.25) is 0 Å². The van der Waals surface area contributed by atoms with Crippen molar-refractivity contribution >= 4 is 0 Å². The Kier molecular flexibility index (Phi) is 5.27. The van der Waals surface area contributed by atoms with Crippen LogP contribution in [0.1, 0.15) is 47.5 Å². The van der Waals surface area contributed by atoms with Gasteiger partial charge in [0.25, 0.3) is 0 Å². The maximum absolute atomic E-state index is 2.35. The zero-order chi connectivity index (χ0) is 8.85. The first kappa shape index (κ1) is 10.7. The second-order valence-corrected chi connectivity index (χ2v) is 3.59. The molecule has 0 saturated heterocycles. The molecule has 2 atom stereocenters. The molecule has 0 nitrogen and oxygen atoms in total. The lowest BCUT2D eigenvalue weighted by molar-refractivity contribution is 0.406. The number of hydrogen-bond acceptors (Lipinski definition) is 0. The number of allylic oxidation sites excluding steroid dienone is 2. The molecule has 0 rings (SSSR count). The lowest BCUT2D eigenvalue weighted by Crippen LogP contribution is -2.08. The van der Waals surface area contributed by atoms with E-state index < -0.39 is 0 Å². The largest absolute Gasteiger partial charge is 0.0885 e. The summed E-state index contributed by atoms with van der Waals surface area (Å²) < 4.78 is 0. The van der Waals surface area contributed by atoms with Crippen LogP contribution in [0.4, 0.5) is 0 Å². The summed E-state index contributed by atoms with van der Waals surface area (Å²) in [7, 11) is 0. The summed E-state index contributed by atoms with van der Waals surface area (Å²) in [6.45, 7) is 11.3. The molecule has 66 valence electrons. The van der Waals surface area contributed by atoms with Gasteiger partial charge < -0.3 is 0 Å². The van der Waals surface area contributed by atoms with Crippen LogP contribution in [0, 0.1) is 11.8 Å². The minimum atomic E-state index is 0.764. The van der Waals surface area contributed by atoms with Crippen molar-refractivity contribution in [1.29, 1.82) is 0 Å². The van der Waals surface area contributed by atoms with Crippen molar-refractivity contribution < 1.29 is 0 Å². The molecule has 11 heavy (non-hydrogen) atoms. The van der Waals surface area contributed by atoms with E-state index in [0.717, 1.165) is 11.8 Å². The zero-order valence-electron chi connectivity index (χ0n) is 8.65. The van der Waals surface area contributed by atoms with Gasteiger partial charge in [0.2, 0.25) is 0 Å². The third-order valence-electron chi connectivity index (χ3n) is 2.77. The van der Waals surface area contributed by atoms with E-state index in [0.29, 0.717) is 0 Å². The van der Waals surface area contributed by atoms with Crippen LogP contribution in [0.15, 0.2) is 11.6 Å². The summed E-state index contributed by atoms with van der Waals surface area (Å²) in [6.07, 6.45) is 4.89. The van der Waals surface area contributed by atoms with Crippen molar-refractivity contribution in [1.82, 2.24) is 0 Å². The van der Waals surface area contributed by atoms with Gasteiger partial charge in [-0.15, -0.1) is 0 Å². The van der Waals surface area contributed by atoms with Crippen molar-refractivity contribution in [3.63, 3.8) is 0 Å². The molecular formula is C11H22. The summed E-state index contributed by atoms with van der Waals surface area (Å²) in [5.41, 5.74) is 1.53. The Morgan fingerprint density at radius 3 is 2.27 bits per heavy atom. The van der Waals surface area contributed by atoms with E-state index in [1.54, 1.807) is 0 Å².